The van der Waals surface area contributed by atoms with Crippen molar-refractivity contribution in [2.75, 3.05) is 20.6 Å². The summed E-state index contributed by atoms with van der Waals surface area (Å²) < 4.78 is 0. The zero-order valence-corrected chi connectivity index (χ0v) is 11.6. The van der Waals surface area contributed by atoms with Crippen LogP contribution in [0.3, 0.4) is 0 Å². The van der Waals surface area contributed by atoms with Gasteiger partial charge in [-0.05, 0) is 38.4 Å². The van der Waals surface area contributed by atoms with E-state index in [0.29, 0.717) is 5.25 Å². The molecule has 1 atom stereocenters. The molecule has 0 aliphatic rings. The van der Waals surface area contributed by atoms with E-state index < -0.39 is 0 Å². The van der Waals surface area contributed by atoms with E-state index in [-0.39, 0.29) is 12.4 Å². The minimum atomic E-state index is 0. The molecule has 1 aromatic carbocycles. The summed E-state index contributed by atoms with van der Waals surface area (Å²) in [6, 6.07) is 8.01. The monoisotopic (exact) mass is 265 g/mol. The Morgan fingerprint density at radius 3 is 2.27 bits per heavy atom. The van der Waals surface area contributed by atoms with Gasteiger partial charge in [0.1, 0.15) is 0 Å². The molecule has 0 saturated carbocycles. The van der Waals surface area contributed by atoms with Gasteiger partial charge >= 0.3 is 0 Å². The lowest BCUT2D eigenvalue weighted by atomic mass is 10.4. The molecule has 0 spiro atoms. The van der Waals surface area contributed by atoms with Gasteiger partial charge in [0.15, 0.2) is 0 Å². The van der Waals surface area contributed by atoms with Gasteiger partial charge in [0.2, 0.25) is 0 Å². The van der Waals surface area contributed by atoms with Crippen molar-refractivity contribution in [2.24, 2.45) is 0 Å². The average Bonchev–Trinajstić information content (AvgIpc) is 2.07. The van der Waals surface area contributed by atoms with Crippen LogP contribution in [0.2, 0.25) is 5.02 Å². The third kappa shape index (κ3) is 6.31. The summed E-state index contributed by atoms with van der Waals surface area (Å²) in [4.78, 5) is 3.48. The van der Waals surface area contributed by atoms with Crippen LogP contribution in [0.1, 0.15) is 6.92 Å². The Hall–Kier alpha value is 0.110. The highest BCUT2D eigenvalue weighted by Gasteiger charge is 2.05. The fraction of sp³-hybridized carbons (Fsp3) is 0.455. The van der Waals surface area contributed by atoms with Crippen LogP contribution in [-0.2, 0) is 0 Å². The number of hydrogen-bond donors (Lipinski definition) is 0. The number of rotatable bonds is 4. The third-order valence-corrected chi connectivity index (χ3v) is 3.12. The Balaban J connectivity index is 0.00000196. The molecule has 0 heterocycles. The summed E-state index contributed by atoms with van der Waals surface area (Å²) in [5.41, 5.74) is 0. The maximum atomic E-state index is 5.82. The second-order valence-corrected chi connectivity index (χ2v) is 5.59. The van der Waals surface area contributed by atoms with Crippen LogP contribution in [0.25, 0.3) is 0 Å². The predicted octanol–water partition coefficient (Wildman–Crippen LogP) is 3.80. The van der Waals surface area contributed by atoms with Crippen molar-refractivity contribution < 1.29 is 0 Å². The van der Waals surface area contributed by atoms with Gasteiger partial charge in [0.25, 0.3) is 0 Å². The zero-order valence-electron chi connectivity index (χ0n) is 9.24. The molecule has 0 aromatic heterocycles. The van der Waals surface area contributed by atoms with Gasteiger partial charge in [0, 0.05) is 21.7 Å². The molecule has 0 fully saturated rings. The Labute approximate surface area is 108 Å². The Kier molecular flexibility index (Phi) is 7.45. The number of halogens is 2. The first kappa shape index (κ1) is 15.1. The van der Waals surface area contributed by atoms with E-state index >= 15 is 0 Å². The van der Waals surface area contributed by atoms with Gasteiger partial charge in [-0.3, -0.25) is 0 Å². The molecule has 1 nitrogen and oxygen atoms in total. The van der Waals surface area contributed by atoms with Crippen molar-refractivity contribution in [3.8, 4) is 0 Å². The number of benzene rings is 1. The Morgan fingerprint density at radius 2 is 1.80 bits per heavy atom. The van der Waals surface area contributed by atoms with Crippen LogP contribution >= 0.6 is 35.8 Å². The molecule has 15 heavy (non-hydrogen) atoms. The molecule has 0 aliphatic carbocycles. The van der Waals surface area contributed by atoms with E-state index in [1.165, 1.54) is 4.90 Å². The van der Waals surface area contributed by atoms with Crippen molar-refractivity contribution in [3.05, 3.63) is 29.3 Å². The zero-order chi connectivity index (χ0) is 10.6. The van der Waals surface area contributed by atoms with E-state index in [0.717, 1.165) is 11.6 Å². The van der Waals surface area contributed by atoms with Gasteiger partial charge < -0.3 is 4.90 Å². The molecule has 0 radical (unpaired) electrons. The maximum absolute atomic E-state index is 5.82. The van der Waals surface area contributed by atoms with Crippen LogP contribution in [-0.4, -0.2) is 30.8 Å². The molecular formula is C11H17Cl2NS. The highest BCUT2D eigenvalue weighted by molar-refractivity contribution is 8.00. The molecule has 0 aliphatic heterocycles. The fourth-order valence-electron chi connectivity index (χ4n) is 1.30. The van der Waals surface area contributed by atoms with E-state index in [1.54, 1.807) is 0 Å². The lowest BCUT2D eigenvalue weighted by Crippen LogP contribution is -2.21. The SMILES string of the molecule is CC(CN(C)C)Sc1ccc(Cl)cc1.Cl. The first-order valence-electron chi connectivity index (χ1n) is 4.65. The van der Waals surface area contributed by atoms with Crippen molar-refractivity contribution in [3.63, 3.8) is 0 Å². The molecule has 0 amide bonds. The molecule has 86 valence electrons. The van der Waals surface area contributed by atoms with E-state index in [4.69, 9.17) is 11.6 Å². The standard InChI is InChI=1S/C11H16ClNS.ClH/c1-9(8-13(2)3)14-11-6-4-10(12)5-7-11;/h4-7,9H,8H2,1-3H3;1H. The molecule has 1 aromatic rings. The minimum absolute atomic E-state index is 0. The van der Waals surface area contributed by atoms with Gasteiger partial charge in [0.05, 0.1) is 0 Å². The Bertz CT molecular complexity index is 274. The molecular weight excluding hydrogens is 249 g/mol. The van der Waals surface area contributed by atoms with Crippen molar-refractivity contribution in [1.82, 2.24) is 4.90 Å². The quantitative estimate of drug-likeness (QED) is 0.762. The Morgan fingerprint density at radius 1 is 1.27 bits per heavy atom. The summed E-state index contributed by atoms with van der Waals surface area (Å²) in [6.07, 6.45) is 0. The second-order valence-electron chi connectivity index (χ2n) is 3.64. The number of nitrogens with zero attached hydrogens (tertiary/aromatic N) is 1. The lowest BCUT2D eigenvalue weighted by Gasteiger charge is -2.16. The highest BCUT2D eigenvalue weighted by Crippen LogP contribution is 2.24. The van der Waals surface area contributed by atoms with Gasteiger partial charge in [-0.15, -0.1) is 24.2 Å². The van der Waals surface area contributed by atoms with Crippen LogP contribution in [0, 0.1) is 0 Å². The maximum Gasteiger partial charge on any atom is 0.0406 e. The van der Waals surface area contributed by atoms with Crippen LogP contribution in [0.4, 0.5) is 0 Å². The lowest BCUT2D eigenvalue weighted by molar-refractivity contribution is 0.413. The summed E-state index contributed by atoms with van der Waals surface area (Å²) in [6.45, 7) is 3.33. The molecule has 0 N–H and O–H groups in total. The topological polar surface area (TPSA) is 3.24 Å². The largest absolute Gasteiger partial charge is 0.308 e. The summed E-state index contributed by atoms with van der Waals surface area (Å²) in [5, 5.41) is 1.40. The van der Waals surface area contributed by atoms with Crippen LogP contribution < -0.4 is 0 Å². The normalized spacial score (nSPS) is 12.3. The van der Waals surface area contributed by atoms with Crippen LogP contribution in [0.5, 0.6) is 0 Å². The first-order valence-corrected chi connectivity index (χ1v) is 5.90. The molecule has 0 bridgehead atoms. The molecule has 4 heteroatoms. The summed E-state index contributed by atoms with van der Waals surface area (Å²) >= 11 is 7.70. The van der Waals surface area contributed by atoms with Gasteiger partial charge in [-0.1, -0.05) is 18.5 Å². The van der Waals surface area contributed by atoms with Crippen molar-refractivity contribution in [2.45, 2.75) is 17.1 Å². The van der Waals surface area contributed by atoms with Gasteiger partial charge in [-0.25, -0.2) is 0 Å². The van der Waals surface area contributed by atoms with Crippen molar-refractivity contribution in [1.29, 1.82) is 0 Å². The molecule has 1 rings (SSSR count). The number of hydrogen-bond acceptors (Lipinski definition) is 2. The molecule has 1 unspecified atom stereocenters. The molecule has 0 saturated heterocycles. The second kappa shape index (κ2) is 7.39. The van der Waals surface area contributed by atoms with Gasteiger partial charge in [-0.2, -0.15) is 0 Å². The van der Waals surface area contributed by atoms with E-state index in [2.05, 4.69) is 38.1 Å². The summed E-state index contributed by atoms with van der Waals surface area (Å²) in [5.74, 6) is 0. The first-order chi connectivity index (χ1) is 6.58. The van der Waals surface area contributed by atoms with Crippen LogP contribution in [0.15, 0.2) is 29.2 Å². The van der Waals surface area contributed by atoms with E-state index in [9.17, 15) is 0 Å². The third-order valence-electron chi connectivity index (χ3n) is 1.77. The van der Waals surface area contributed by atoms with E-state index in [1.807, 2.05) is 23.9 Å². The van der Waals surface area contributed by atoms with Crippen molar-refractivity contribution >= 4 is 35.8 Å². The highest BCUT2D eigenvalue weighted by atomic mass is 35.5. The average molecular weight is 266 g/mol. The fourth-order valence-corrected chi connectivity index (χ4v) is 2.55. The smallest absolute Gasteiger partial charge is 0.0406 e. The number of thioether (sulfide) groups is 1. The minimum Gasteiger partial charge on any atom is -0.308 e. The predicted molar refractivity (Wildman–Crippen MR) is 72.6 cm³/mol. The summed E-state index contributed by atoms with van der Waals surface area (Å²) in [7, 11) is 4.19.